The highest BCUT2D eigenvalue weighted by molar-refractivity contribution is 8.01. The molecule has 1 atom stereocenters. The van der Waals surface area contributed by atoms with Crippen LogP contribution in [0.1, 0.15) is 43.4 Å². The zero-order valence-electron chi connectivity index (χ0n) is 14.5. The lowest BCUT2D eigenvalue weighted by Crippen LogP contribution is -2.31. The molecule has 0 saturated carbocycles. The van der Waals surface area contributed by atoms with Gasteiger partial charge in [0.05, 0.1) is 0 Å². The van der Waals surface area contributed by atoms with Crippen molar-refractivity contribution < 1.29 is 4.79 Å². The van der Waals surface area contributed by atoms with Crippen LogP contribution in [0.15, 0.2) is 34.7 Å². The summed E-state index contributed by atoms with van der Waals surface area (Å²) >= 11 is 3.04. The van der Waals surface area contributed by atoms with Crippen LogP contribution in [0, 0.1) is 0 Å². The Hall–Kier alpha value is -1.60. The van der Waals surface area contributed by atoms with E-state index in [2.05, 4.69) is 22.4 Å². The van der Waals surface area contributed by atoms with Gasteiger partial charge in [0.15, 0.2) is 4.34 Å². The molecule has 1 aliphatic rings. The third-order valence-electron chi connectivity index (χ3n) is 4.18. The van der Waals surface area contributed by atoms with E-state index in [0.29, 0.717) is 0 Å². The second-order valence-corrected chi connectivity index (χ2v) is 8.42. The van der Waals surface area contributed by atoms with E-state index in [1.807, 2.05) is 35.2 Å². The number of amides is 1. The number of hydrogen-bond acceptors (Lipinski definition) is 6. The minimum atomic E-state index is -0.254. The third kappa shape index (κ3) is 4.95. The number of unbranched alkanes of at least 4 members (excludes halogenated alkanes) is 1. The van der Waals surface area contributed by atoms with Crippen LogP contribution in [0.3, 0.4) is 0 Å². The Kier molecular flexibility index (Phi) is 6.69. The molecule has 0 bridgehead atoms. The molecule has 0 aliphatic carbocycles. The first kappa shape index (κ1) is 18.2. The summed E-state index contributed by atoms with van der Waals surface area (Å²) in [5.41, 5.74) is 1.03. The van der Waals surface area contributed by atoms with E-state index < -0.39 is 0 Å². The highest BCUT2D eigenvalue weighted by atomic mass is 32.2. The Labute approximate surface area is 157 Å². The standard InChI is InChI=1S/C18H24N4OS2/c1-2-3-11-19-17-20-21-18(25-17)24-15(14-9-5-4-6-10-14)16(23)22-12-7-8-13-22/h4-6,9-10,15H,2-3,7-8,11-13H2,1H3,(H,19,20). The summed E-state index contributed by atoms with van der Waals surface area (Å²) in [7, 11) is 0. The van der Waals surface area contributed by atoms with Crippen molar-refractivity contribution in [3.05, 3.63) is 35.9 Å². The van der Waals surface area contributed by atoms with Crippen LogP contribution in [-0.4, -0.2) is 40.6 Å². The lowest BCUT2D eigenvalue weighted by atomic mass is 10.1. The lowest BCUT2D eigenvalue weighted by Gasteiger charge is -2.22. The van der Waals surface area contributed by atoms with Crippen LogP contribution in [-0.2, 0) is 4.79 Å². The number of aromatic nitrogens is 2. The van der Waals surface area contributed by atoms with Gasteiger partial charge in [0, 0.05) is 19.6 Å². The van der Waals surface area contributed by atoms with Crippen molar-refractivity contribution in [2.45, 2.75) is 42.2 Å². The maximum Gasteiger partial charge on any atom is 0.240 e. The number of anilines is 1. The van der Waals surface area contributed by atoms with Gasteiger partial charge in [-0.25, -0.2) is 0 Å². The van der Waals surface area contributed by atoms with E-state index in [-0.39, 0.29) is 11.2 Å². The molecule has 0 radical (unpaired) electrons. The molecule has 5 nitrogen and oxygen atoms in total. The van der Waals surface area contributed by atoms with Crippen LogP contribution >= 0.6 is 23.1 Å². The van der Waals surface area contributed by atoms with Crippen molar-refractivity contribution in [1.82, 2.24) is 15.1 Å². The molecule has 1 fully saturated rings. The number of carbonyl (C=O) groups excluding carboxylic acids is 1. The molecular formula is C18H24N4OS2. The summed E-state index contributed by atoms with van der Waals surface area (Å²) in [4.78, 5) is 15.0. The number of carbonyl (C=O) groups is 1. The molecule has 1 N–H and O–H groups in total. The van der Waals surface area contributed by atoms with E-state index in [4.69, 9.17) is 0 Å². The van der Waals surface area contributed by atoms with Crippen molar-refractivity contribution in [2.24, 2.45) is 0 Å². The SMILES string of the molecule is CCCCNc1nnc(SC(C(=O)N2CCCC2)c2ccccc2)s1. The highest BCUT2D eigenvalue weighted by Gasteiger charge is 2.29. The van der Waals surface area contributed by atoms with Crippen LogP contribution < -0.4 is 5.32 Å². The summed E-state index contributed by atoms with van der Waals surface area (Å²) in [5, 5.41) is 12.3. The molecule has 1 saturated heterocycles. The monoisotopic (exact) mass is 376 g/mol. The van der Waals surface area contributed by atoms with Gasteiger partial charge in [-0.3, -0.25) is 4.79 Å². The fraction of sp³-hybridized carbons (Fsp3) is 0.500. The second kappa shape index (κ2) is 9.20. The smallest absolute Gasteiger partial charge is 0.240 e. The highest BCUT2D eigenvalue weighted by Crippen LogP contribution is 2.39. The van der Waals surface area contributed by atoms with E-state index in [9.17, 15) is 4.79 Å². The predicted octanol–water partition coefficient (Wildman–Crippen LogP) is 4.21. The van der Waals surface area contributed by atoms with Crippen molar-refractivity contribution in [2.75, 3.05) is 25.0 Å². The first-order valence-electron chi connectivity index (χ1n) is 8.85. The predicted molar refractivity (Wildman–Crippen MR) is 104 cm³/mol. The Morgan fingerprint density at radius 2 is 2.04 bits per heavy atom. The number of nitrogens with zero attached hydrogens (tertiary/aromatic N) is 3. The molecule has 1 aromatic heterocycles. The molecule has 25 heavy (non-hydrogen) atoms. The van der Waals surface area contributed by atoms with Crippen LogP contribution in [0.5, 0.6) is 0 Å². The number of hydrogen-bond donors (Lipinski definition) is 1. The van der Waals surface area contributed by atoms with E-state index >= 15 is 0 Å². The fourth-order valence-electron chi connectivity index (χ4n) is 2.79. The summed E-state index contributed by atoms with van der Waals surface area (Å²) in [5.74, 6) is 0.185. The molecule has 2 aromatic rings. The maximum absolute atomic E-state index is 13.0. The van der Waals surface area contributed by atoms with Gasteiger partial charge in [0.2, 0.25) is 11.0 Å². The number of thioether (sulfide) groups is 1. The second-order valence-electron chi connectivity index (χ2n) is 6.09. The average Bonchev–Trinajstić information content (AvgIpc) is 3.32. The van der Waals surface area contributed by atoms with Gasteiger partial charge in [-0.1, -0.05) is 66.8 Å². The van der Waals surface area contributed by atoms with E-state index in [1.165, 1.54) is 23.1 Å². The van der Waals surface area contributed by atoms with Crippen molar-refractivity contribution in [1.29, 1.82) is 0 Å². The molecule has 1 amide bonds. The summed E-state index contributed by atoms with van der Waals surface area (Å²) in [6.45, 7) is 4.80. The minimum Gasteiger partial charge on any atom is -0.360 e. The zero-order chi connectivity index (χ0) is 17.5. The number of rotatable bonds is 8. The topological polar surface area (TPSA) is 58.1 Å². The number of likely N-dealkylation sites (tertiary alicyclic amines) is 1. The molecule has 1 aromatic carbocycles. The van der Waals surface area contributed by atoms with E-state index in [1.54, 1.807) is 0 Å². The fourth-order valence-corrected chi connectivity index (χ4v) is 4.85. The Morgan fingerprint density at radius 1 is 1.28 bits per heavy atom. The van der Waals surface area contributed by atoms with Gasteiger partial charge in [-0.15, -0.1) is 10.2 Å². The quantitative estimate of drug-likeness (QED) is 0.552. The van der Waals surface area contributed by atoms with Gasteiger partial charge in [0.25, 0.3) is 0 Å². The molecule has 134 valence electrons. The van der Waals surface area contributed by atoms with Crippen LogP contribution in [0.4, 0.5) is 5.13 Å². The molecule has 1 aliphatic heterocycles. The normalized spacial score (nSPS) is 15.3. The van der Waals surface area contributed by atoms with Gasteiger partial charge in [-0.2, -0.15) is 0 Å². The molecular weight excluding hydrogens is 352 g/mol. The van der Waals surface area contributed by atoms with Gasteiger partial charge >= 0.3 is 0 Å². The Morgan fingerprint density at radius 3 is 2.76 bits per heavy atom. The van der Waals surface area contributed by atoms with Crippen molar-refractivity contribution in [3.8, 4) is 0 Å². The first-order valence-corrected chi connectivity index (χ1v) is 10.6. The zero-order valence-corrected chi connectivity index (χ0v) is 16.1. The largest absolute Gasteiger partial charge is 0.360 e. The summed E-state index contributed by atoms with van der Waals surface area (Å²) < 4.78 is 0.834. The summed E-state index contributed by atoms with van der Waals surface area (Å²) in [6.07, 6.45) is 4.46. The maximum atomic E-state index is 13.0. The minimum absolute atomic E-state index is 0.185. The average molecular weight is 377 g/mol. The molecule has 0 spiro atoms. The summed E-state index contributed by atoms with van der Waals surface area (Å²) in [6, 6.07) is 9.99. The van der Waals surface area contributed by atoms with Gasteiger partial charge in [0.1, 0.15) is 5.25 Å². The third-order valence-corrected chi connectivity index (χ3v) is 6.38. The Balaban J connectivity index is 1.72. The molecule has 7 heteroatoms. The van der Waals surface area contributed by atoms with Gasteiger partial charge < -0.3 is 10.2 Å². The van der Waals surface area contributed by atoms with E-state index in [0.717, 1.165) is 60.4 Å². The van der Waals surface area contributed by atoms with Crippen molar-refractivity contribution >= 4 is 34.1 Å². The first-order chi connectivity index (χ1) is 12.3. The molecule has 3 rings (SSSR count). The van der Waals surface area contributed by atoms with Gasteiger partial charge in [-0.05, 0) is 24.8 Å². The lowest BCUT2D eigenvalue weighted by molar-refractivity contribution is -0.129. The number of benzene rings is 1. The van der Waals surface area contributed by atoms with Crippen molar-refractivity contribution in [3.63, 3.8) is 0 Å². The Bertz CT molecular complexity index is 671. The molecule has 2 heterocycles. The molecule has 1 unspecified atom stereocenters. The number of nitrogens with one attached hydrogen (secondary N) is 1. The van der Waals surface area contributed by atoms with Crippen LogP contribution in [0.25, 0.3) is 0 Å². The van der Waals surface area contributed by atoms with Crippen LogP contribution in [0.2, 0.25) is 0 Å².